The topological polar surface area (TPSA) is 108 Å². The summed E-state index contributed by atoms with van der Waals surface area (Å²) < 4.78 is 32.9. The number of aryl methyl sites for hydroxylation is 2. The number of nitrogens with one attached hydrogen (secondary N) is 2. The Kier molecular flexibility index (Phi) is 5.97. The maximum atomic E-state index is 13.0. The molecule has 31 heavy (non-hydrogen) atoms. The van der Waals surface area contributed by atoms with Gasteiger partial charge >= 0.3 is 0 Å². The minimum atomic E-state index is -3.75. The number of amides is 1. The molecule has 0 bridgehead atoms. The van der Waals surface area contributed by atoms with Crippen molar-refractivity contribution >= 4 is 15.9 Å². The summed E-state index contributed by atoms with van der Waals surface area (Å²) in [6, 6.07) is 12.9. The van der Waals surface area contributed by atoms with E-state index < -0.39 is 10.0 Å². The third-order valence-corrected chi connectivity index (χ3v) is 7.32. The molecule has 1 amide bonds. The highest BCUT2D eigenvalue weighted by Gasteiger charge is 2.34. The van der Waals surface area contributed by atoms with Gasteiger partial charge in [-0.2, -0.15) is 9.40 Å². The van der Waals surface area contributed by atoms with Crippen LogP contribution in [0.5, 0.6) is 0 Å². The Morgan fingerprint density at radius 1 is 1.16 bits per heavy atom. The second kappa shape index (κ2) is 8.68. The highest BCUT2D eigenvalue weighted by atomic mass is 32.2. The monoisotopic (exact) mass is 442 g/mol. The first kappa shape index (κ1) is 21.3. The average Bonchev–Trinajstić information content (AvgIpc) is 3.43. The number of sulfonamides is 1. The normalized spacial score (nSPS) is 15.8. The van der Waals surface area contributed by atoms with E-state index in [0.717, 1.165) is 11.3 Å². The Morgan fingerprint density at radius 2 is 1.87 bits per heavy atom. The van der Waals surface area contributed by atoms with Gasteiger partial charge in [0.05, 0.1) is 0 Å². The summed E-state index contributed by atoms with van der Waals surface area (Å²) in [7, 11) is -3.75. The second-order valence-corrected chi connectivity index (χ2v) is 9.81. The van der Waals surface area contributed by atoms with Crippen molar-refractivity contribution in [2.24, 2.45) is 5.92 Å². The Balaban J connectivity index is 1.34. The fourth-order valence-electron chi connectivity index (χ4n) is 3.67. The lowest BCUT2D eigenvalue weighted by Crippen LogP contribution is -2.42. The molecule has 3 aromatic rings. The van der Waals surface area contributed by atoms with E-state index in [2.05, 4.69) is 15.5 Å². The summed E-state index contributed by atoms with van der Waals surface area (Å²) in [5.74, 6) is 0.163. The Labute approximate surface area is 181 Å². The number of piperidine rings is 1. The van der Waals surface area contributed by atoms with Crippen molar-refractivity contribution < 1.29 is 17.6 Å². The van der Waals surface area contributed by atoms with Crippen LogP contribution in [-0.2, 0) is 21.4 Å². The Morgan fingerprint density at radius 3 is 2.52 bits per heavy atom. The molecule has 9 heteroatoms. The lowest BCUT2D eigenvalue weighted by molar-refractivity contribution is -0.126. The average molecular weight is 443 g/mol. The van der Waals surface area contributed by atoms with Gasteiger partial charge in [-0.15, -0.1) is 0 Å². The first-order valence-electron chi connectivity index (χ1n) is 10.3. The summed E-state index contributed by atoms with van der Waals surface area (Å²) in [5, 5.41) is 9.76. The van der Waals surface area contributed by atoms with Gasteiger partial charge in [-0.25, -0.2) is 8.42 Å². The van der Waals surface area contributed by atoms with E-state index in [4.69, 9.17) is 4.42 Å². The quantitative estimate of drug-likeness (QED) is 0.610. The Bertz CT molecular complexity index is 1160. The Hall–Kier alpha value is -2.91. The lowest BCUT2D eigenvalue weighted by atomic mass is 9.97. The van der Waals surface area contributed by atoms with Gasteiger partial charge in [-0.1, -0.05) is 29.8 Å². The van der Waals surface area contributed by atoms with E-state index in [9.17, 15) is 13.2 Å². The molecule has 0 atom stereocenters. The number of carbonyl (C=O) groups is 1. The summed E-state index contributed by atoms with van der Waals surface area (Å²) in [5.41, 5.74) is 3.63. The molecular weight excluding hydrogens is 416 g/mol. The van der Waals surface area contributed by atoms with Crippen molar-refractivity contribution in [3.63, 3.8) is 0 Å². The van der Waals surface area contributed by atoms with Crippen LogP contribution >= 0.6 is 0 Å². The van der Waals surface area contributed by atoms with E-state index in [1.807, 2.05) is 38.1 Å². The molecule has 0 unspecified atom stereocenters. The predicted molar refractivity (Wildman–Crippen MR) is 116 cm³/mol. The van der Waals surface area contributed by atoms with Crippen molar-refractivity contribution in [1.82, 2.24) is 19.8 Å². The van der Waals surface area contributed by atoms with Gasteiger partial charge in [0.1, 0.15) is 5.69 Å². The molecule has 1 aliphatic rings. The van der Waals surface area contributed by atoms with Gasteiger partial charge in [-0.3, -0.25) is 9.89 Å². The summed E-state index contributed by atoms with van der Waals surface area (Å²) in [4.78, 5) is 12.5. The molecule has 3 heterocycles. The minimum Gasteiger partial charge on any atom is -0.442 e. The highest BCUT2D eigenvalue weighted by molar-refractivity contribution is 7.89. The molecule has 2 aromatic heterocycles. The molecule has 0 saturated carbocycles. The van der Waals surface area contributed by atoms with Gasteiger partial charge < -0.3 is 9.73 Å². The molecule has 1 saturated heterocycles. The van der Waals surface area contributed by atoms with Crippen LogP contribution in [0.25, 0.3) is 11.5 Å². The van der Waals surface area contributed by atoms with Gasteiger partial charge in [0.15, 0.2) is 5.76 Å². The van der Waals surface area contributed by atoms with Crippen LogP contribution in [0.15, 0.2) is 52.0 Å². The van der Waals surface area contributed by atoms with Crippen LogP contribution in [0.3, 0.4) is 0 Å². The summed E-state index contributed by atoms with van der Waals surface area (Å²) in [6.07, 6.45) is 0.955. The maximum absolute atomic E-state index is 13.0. The number of benzene rings is 1. The second-order valence-electron chi connectivity index (χ2n) is 7.94. The van der Waals surface area contributed by atoms with Crippen molar-refractivity contribution in [2.75, 3.05) is 13.1 Å². The SMILES string of the molecule is Cc1ccc(CNC(=O)C2CCN(S(=O)(=O)c3ccc(-c4cc(C)[nH]n4)o3)CC2)cc1. The minimum absolute atomic E-state index is 0.0354. The van der Waals surface area contributed by atoms with E-state index in [1.54, 1.807) is 12.1 Å². The van der Waals surface area contributed by atoms with Crippen LogP contribution in [0.1, 0.15) is 29.7 Å². The number of aromatic nitrogens is 2. The third-order valence-electron chi connectivity index (χ3n) is 5.55. The van der Waals surface area contributed by atoms with E-state index in [-0.39, 0.29) is 30.0 Å². The van der Waals surface area contributed by atoms with Crippen molar-refractivity contribution in [3.8, 4) is 11.5 Å². The zero-order valence-electron chi connectivity index (χ0n) is 17.6. The van der Waals surface area contributed by atoms with Crippen molar-refractivity contribution in [2.45, 2.75) is 38.3 Å². The molecule has 0 aliphatic carbocycles. The number of hydrogen-bond donors (Lipinski definition) is 2. The van der Waals surface area contributed by atoms with Gasteiger partial charge in [0, 0.05) is 31.2 Å². The summed E-state index contributed by atoms with van der Waals surface area (Å²) in [6.45, 7) is 4.91. The van der Waals surface area contributed by atoms with E-state index >= 15 is 0 Å². The number of H-pyrrole nitrogens is 1. The molecule has 8 nitrogen and oxygen atoms in total. The van der Waals surface area contributed by atoms with Gasteiger partial charge in [0.25, 0.3) is 10.0 Å². The molecular formula is C22H26N4O4S. The first-order chi connectivity index (χ1) is 14.8. The number of carbonyl (C=O) groups excluding carboxylic acids is 1. The number of nitrogens with zero attached hydrogens (tertiary/aromatic N) is 2. The molecule has 0 radical (unpaired) electrons. The molecule has 2 N–H and O–H groups in total. The number of furan rings is 1. The van der Waals surface area contributed by atoms with Gasteiger partial charge in [-0.05, 0) is 50.5 Å². The summed E-state index contributed by atoms with van der Waals surface area (Å²) >= 11 is 0. The van der Waals surface area contributed by atoms with Gasteiger partial charge in [0.2, 0.25) is 11.0 Å². The molecule has 1 fully saturated rings. The standard InChI is InChI=1S/C22H26N4O4S/c1-15-3-5-17(6-4-15)14-23-22(27)18-9-11-26(12-10-18)31(28,29)21-8-7-20(30-21)19-13-16(2)24-25-19/h3-8,13,18H,9-12,14H2,1-2H3,(H,23,27)(H,24,25). The molecule has 1 aliphatic heterocycles. The van der Waals surface area contributed by atoms with Crippen molar-refractivity contribution in [3.05, 3.63) is 59.3 Å². The van der Waals surface area contributed by atoms with Crippen LogP contribution < -0.4 is 5.32 Å². The van der Waals surface area contributed by atoms with E-state index in [0.29, 0.717) is 30.8 Å². The first-order valence-corrected chi connectivity index (χ1v) is 11.7. The number of hydrogen-bond acceptors (Lipinski definition) is 5. The van der Waals surface area contributed by atoms with Crippen LogP contribution in [-0.4, -0.2) is 41.9 Å². The third kappa shape index (κ3) is 4.72. The fraction of sp³-hybridized carbons (Fsp3) is 0.364. The molecule has 164 valence electrons. The maximum Gasteiger partial charge on any atom is 0.276 e. The lowest BCUT2D eigenvalue weighted by Gasteiger charge is -2.29. The highest BCUT2D eigenvalue weighted by Crippen LogP contribution is 2.28. The van der Waals surface area contributed by atoms with E-state index in [1.165, 1.54) is 15.9 Å². The number of aromatic amines is 1. The largest absolute Gasteiger partial charge is 0.442 e. The fourth-order valence-corrected chi connectivity index (χ4v) is 5.05. The molecule has 0 spiro atoms. The zero-order chi connectivity index (χ0) is 22.0. The van der Waals surface area contributed by atoms with Crippen LogP contribution in [0, 0.1) is 19.8 Å². The van der Waals surface area contributed by atoms with Crippen molar-refractivity contribution in [1.29, 1.82) is 0 Å². The molecule has 1 aromatic carbocycles. The molecule has 4 rings (SSSR count). The number of rotatable bonds is 6. The van der Waals surface area contributed by atoms with Crippen LogP contribution in [0.2, 0.25) is 0 Å². The van der Waals surface area contributed by atoms with Crippen LogP contribution in [0.4, 0.5) is 0 Å². The zero-order valence-corrected chi connectivity index (χ0v) is 18.4. The smallest absolute Gasteiger partial charge is 0.276 e. The predicted octanol–water partition coefficient (Wildman–Crippen LogP) is 3.00.